The number of carboxylic acid groups (broad SMARTS) is 1. The Morgan fingerprint density at radius 3 is 1.90 bits per heavy atom. The topological polar surface area (TPSA) is 79.2 Å². The summed E-state index contributed by atoms with van der Waals surface area (Å²) in [5.74, 6) is 0. The fourth-order valence-corrected chi connectivity index (χ4v) is 3.86. The molecule has 0 aliphatic heterocycles. The van der Waals surface area contributed by atoms with Crippen LogP contribution in [0.15, 0.2) is 12.2 Å². The van der Waals surface area contributed by atoms with Gasteiger partial charge in [0, 0.05) is 12.6 Å². The maximum Gasteiger partial charge on any atom is 0.408 e. The molecule has 0 aromatic carbocycles. The fraction of sp³-hybridized carbons (Fsp3) is 0.880. The Labute approximate surface area is 191 Å². The molecule has 0 bridgehead atoms. The maximum atomic E-state index is 11.8. The second-order valence-corrected chi connectivity index (χ2v) is 9.36. The summed E-state index contributed by atoms with van der Waals surface area (Å²) in [4.78, 5) is 13.1. The molecule has 6 heteroatoms. The van der Waals surface area contributed by atoms with Crippen LogP contribution in [0.4, 0.5) is 4.79 Å². The van der Waals surface area contributed by atoms with Crippen LogP contribution in [0.2, 0.25) is 0 Å². The van der Waals surface area contributed by atoms with Crippen molar-refractivity contribution in [2.24, 2.45) is 0 Å². The zero-order chi connectivity index (χ0) is 23.5. The van der Waals surface area contributed by atoms with Gasteiger partial charge in [-0.15, -0.1) is 0 Å². The molecular weight excluding hydrogens is 394 g/mol. The van der Waals surface area contributed by atoms with E-state index in [4.69, 9.17) is 9.47 Å². The van der Waals surface area contributed by atoms with Crippen LogP contribution in [0, 0.1) is 0 Å². The lowest BCUT2D eigenvalue weighted by molar-refractivity contribution is -0.0953. The van der Waals surface area contributed by atoms with Gasteiger partial charge in [0.25, 0.3) is 0 Å². The third-order valence-corrected chi connectivity index (χ3v) is 5.51. The van der Waals surface area contributed by atoms with Crippen molar-refractivity contribution in [3.63, 3.8) is 0 Å². The Balaban J connectivity index is 4.38. The number of hydrogen-bond donors (Lipinski definition) is 2. The van der Waals surface area contributed by atoms with Gasteiger partial charge in [0.2, 0.25) is 0 Å². The molecule has 0 aromatic heterocycles. The van der Waals surface area contributed by atoms with Crippen molar-refractivity contribution in [3.05, 3.63) is 12.2 Å². The Bertz CT molecular complexity index is 461. The SMILES string of the molecule is CCCCCCCCCCCCC/C=C/[C@@H](OCOC)[C@H](CO)N(C(=O)O)C(C)(C)C. The third-order valence-electron chi connectivity index (χ3n) is 5.51. The minimum absolute atomic E-state index is 0.0432. The van der Waals surface area contributed by atoms with E-state index in [0.29, 0.717) is 0 Å². The predicted molar refractivity (Wildman–Crippen MR) is 127 cm³/mol. The first-order valence-electron chi connectivity index (χ1n) is 12.2. The lowest BCUT2D eigenvalue weighted by Crippen LogP contribution is -2.57. The summed E-state index contributed by atoms with van der Waals surface area (Å²) in [6.45, 7) is 7.41. The van der Waals surface area contributed by atoms with E-state index in [9.17, 15) is 15.0 Å². The van der Waals surface area contributed by atoms with Crippen LogP contribution >= 0.6 is 0 Å². The first-order chi connectivity index (χ1) is 14.8. The highest BCUT2D eigenvalue weighted by Gasteiger charge is 2.37. The average Bonchev–Trinajstić information content (AvgIpc) is 2.70. The monoisotopic (exact) mass is 443 g/mol. The highest BCUT2D eigenvalue weighted by atomic mass is 16.7. The number of amides is 1. The molecule has 0 saturated heterocycles. The zero-order valence-corrected chi connectivity index (χ0v) is 20.8. The number of allylic oxidation sites excluding steroid dienone is 1. The van der Waals surface area contributed by atoms with Crippen molar-refractivity contribution >= 4 is 6.09 Å². The predicted octanol–water partition coefficient (Wildman–Crippen LogP) is 6.37. The van der Waals surface area contributed by atoms with Crippen LogP contribution in [0.5, 0.6) is 0 Å². The van der Waals surface area contributed by atoms with Crippen molar-refractivity contribution in [2.45, 2.75) is 122 Å². The van der Waals surface area contributed by atoms with Gasteiger partial charge in [0.1, 0.15) is 12.9 Å². The molecule has 184 valence electrons. The Morgan fingerprint density at radius 1 is 0.968 bits per heavy atom. The standard InChI is InChI=1S/C25H49NO5/c1-6-7-8-9-10-11-12-13-14-15-16-17-18-19-23(31-21-30-5)22(20-27)26(24(28)29)25(2,3)4/h18-19,22-23,27H,6-17,20-21H2,1-5H3,(H,28,29)/b19-18+/t22-,23+/m0/s1. The van der Waals surface area contributed by atoms with E-state index in [1.54, 1.807) is 0 Å². The van der Waals surface area contributed by atoms with Crippen LogP contribution in [0.25, 0.3) is 0 Å². The first-order valence-corrected chi connectivity index (χ1v) is 12.2. The van der Waals surface area contributed by atoms with Gasteiger partial charge < -0.3 is 19.7 Å². The van der Waals surface area contributed by atoms with Crippen LogP contribution < -0.4 is 0 Å². The number of hydrogen-bond acceptors (Lipinski definition) is 4. The minimum atomic E-state index is -1.07. The van der Waals surface area contributed by atoms with Gasteiger partial charge >= 0.3 is 6.09 Å². The van der Waals surface area contributed by atoms with E-state index in [-0.39, 0.29) is 13.4 Å². The van der Waals surface area contributed by atoms with Crippen molar-refractivity contribution in [2.75, 3.05) is 20.5 Å². The summed E-state index contributed by atoms with van der Waals surface area (Å²) in [7, 11) is 1.53. The molecule has 31 heavy (non-hydrogen) atoms. The number of ether oxygens (including phenoxy) is 2. The number of rotatable bonds is 19. The van der Waals surface area contributed by atoms with Gasteiger partial charge in [-0.05, 0) is 33.6 Å². The lowest BCUT2D eigenvalue weighted by atomic mass is 10.00. The molecule has 6 nitrogen and oxygen atoms in total. The molecule has 0 saturated carbocycles. The molecule has 0 aliphatic rings. The van der Waals surface area contributed by atoms with Gasteiger partial charge in [0.15, 0.2) is 0 Å². The molecule has 0 radical (unpaired) electrons. The van der Waals surface area contributed by atoms with Gasteiger partial charge in [0.05, 0.1) is 12.6 Å². The number of carbonyl (C=O) groups is 1. The summed E-state index contributed by atoms with van der Waals surface area (Å²) >= 11 is 0. The Morgan fingerprint density at radius 2 is 1.48 bits per heavy atom. The number of aliphatic hydroxyl groups is 1. The van der Waals surface area contributed by atoms with Crippen molar-refractivity contribution in [3.8, 4) is 0 Å². The molecule has 0 unspecified atom stereocenters. The van der Waals surface area contributed by atoms with E-state index < -0.39 is 23.8 Å². The lowest BCUT2D eigenvalue weighted by Gasteiger charge is -2.41. The van der Waals surface area contributed by atoms with E-state index in [1.807, 2.05) is 32.9 Å². The molecule has 0 spiro atoms. The second kappa shape index (κ2) is 18.5. The van der Waals surface area contributed by atoms with Crippen LogP contribution in [-0.4, -0.2) is 59.4 Å². The van der Waals surface area contributed by atoms with Crippen LogP contribution in [-0.2, 0) is 9.47 Å². The van der Waals surface area contributed by atoms with Gasteiger partial charge in [-0.2, -0.15) is 0 Å². The molecule has 0 fully saturated rings. The fourth-order valence-electron chi connectivity index (χ4n) is 3.86. The summed E-state index contributed by atoms with van der Waals surface area (Å²) in [5.41, 5.74) is -0.655. The normalized spacial score (nSPS) is 14.1. The van der Waals surface area contributed by atoms with Crippen molar-refractivity contribution < 1.29 is 24.5 Å². The summed E-state index contributed by atoms with van der Waals surface area (Å²) < 4.78 is 10.7. The number of unbranched alkanes of at least 4 members (excludes halogenated alkanes) is 11. The highest BCUT2D eigenvalue weighted by molar-refractivity contribution is 5.66. The summed E-state index contributed by atoms with van der Waals surface area (Å²) in [5, 5.41) is 19.6. The molecule has 1 amide bonds. The minimum Gasteiger partial charge on any atom is -0.465 e. The first kappa shape index (κ1) is 29.9. The van der Waals surface area contributed by atoms with E-state index in [1.165, 1.54) is 76.2 Å². The quantitative estimate of drug-likeness (QED) is 0.138. The molecule has 0 aliphatic carbocycles. The van der Waals surface area contributed by atoms with E-state index >= 15 is 0 Å². The smallest absolute Gasteiger partial charge is 0.408 e. The molecule has 2 atom stereocenters. The summed E-state index contributed by atoms with van der Waals surface area (Å²) in [6.07, 6.45) is 17.6. The maximum absolute atomic E-state index is 11.8. The van der Waals surface area contributed by atoms with Crippen molar-refractivity contribution in [1.82, 2.24) is 4.90 Å². The average molecular weight is 444 g/mol. The number of nitrogens with zero attached hydrogens (tertiary/aromatic N) is 1. The summed E-state index contributed by atoms with van der Waals surface area (Å²) in [6, 6.07) is -0.693. The van der Waals surface area contributed by atoms with Gasteiger partial charge in [-0.3, -0.25) is 4.90 Å². The molecule has 0 heterocycles. The Kier molecular flexibility index (Phi) is 17.8. The van der Waals surface area contributed by atoms with Crippen molar-refractivity contribution in [1.29, 1.82) is 0 Å². The largest absolute Gasteiger partial charge is 0.465 e. The highest BCUT2D eigenvalue weighted by Crippen LogP contribution is 2.22. The van der Waals surface area contributed by atoms with E-state index in [0.717, 1.165) is 12.8 Å². The van der Waals surface area contributed by atoms with Crippen LogP contribution in [0.1, 0.15) is 105 Å². The molecule has 0 aromatic rings. The van der Waals surface area contributed by atoms with Gasteiger partial charge in [-0.1, -0.05) is 83.3 Å². The number of methoxy groups -OCH3 is 1. The van der Waals surface area contributed by atoms with Crippen LogP contribution in [0.3, 0.4) is 0 Å². The molecule has 2 N–H and O–H groups in total. The number of aliphatic hydroxyl groups excluding tert-OH is 1. The molecular formula is C25H49NO5. The van der Waals surface area contributed by atoms with Gasteiger partial charge in [-0.25, -0.2) is 4.79 Å². The third kappa shape index (κ3) is 14.6. The zero-order valence-electron chi connectivity index (χ0n) is 20.8. The Hall–Kier alpha value is -1.11. The second-order valence-electron chi connectivity index (χ2n) is 9.36. The van der Waals surface area contributed by atoms with E-state index in [2.05, 4.69) is 6.92 Å². The molecule has 0 rings (SSSR count).